The van der Waals surface area contributed by atoms with E-state index in [1.54, 1.807) is 24.8 Å². The molecule has 0 unspecified atom stereocenters. The molecule has 1 aliphatic rings. The van der Waals surface area contributed by atoms with Gasteiger partial charge >= 0.3 is 0 Å². The molecule has 3 aromatic rings. The number of aliphatic hydroxyl groups is 1. The number of nitrogens with one attached hydrogen (secondary N) is 1. The lowest BCUT2D eigenvalue weighted by molar-refractivity contribution is 0.0420. The number of aryl methyl sites for hydroxylation is 1. The summed E-state index contributed by atoms with van der Waals surface area (Å²) in [6.07, 6.45) is 9.27. The van der Waals surface area contributed by atoms with Gasteiger partial charge in [-0.15, -0.1) is 0 Å². The molecule has 0 spiro atoms. The maximum atomic E-state index is 13.0. The van der Waals surface area contributed by atoms with Crippen molar-refractivity contribution in [3.05, 3.63) is 66.6 Å². The van der Waals surface area contributed by atoms with Gasteiger partial charge in [0.05, 0.1) is 6.20 Å². The second-order valence-corrected chi connectivity index (χ2v) is 7.27. The van der Waals surface area contributed by atoms with Gasteiger partial charge in [0.1, 0.15) is 17.7 Å². The normalized spacial score (nSPS) is 15.9. The first kappa shape index (κ1) is 19.1. The molecule has 1 atom stereocenters. The Kier molecular flexibility index (Phi) is 5.53. The molecule has 1 aliphatic heterocycles. The van der Waals surface area contributed by atoms with E-state index in [0.29, 0.717) is 30.3 Å². The molecule has 3 heterocycles. The Morgan fingerprint density at radius 1 is 1.21 bits per heavy atom. The van der Waals surface area contributed by atoms with E-state index in [1.165, 1.54) is 0 Å². The summed E-state index contributed by atoms with van der Waals surface area (Å²) in [4.78, 5) is 27.3. The highest BCUT2D eigenvalue weighted by Crippen LogP contribution is 2.30. The van der Waals surface area contributed by atoms with Crippen LogP contribution in [0.4, 0.5) is 11.5 Å². The predicted octanol–water partition coefficient (Wildman–Crippen LogP) is 2.54. The maximum Gasteiger partial charge on any atom is 0.253 e. The van der Waals surface area contributed by atoms with Crippen LogP contribution in [0.3, 0.4) is 0 Å². The number of carbonyl (C=O) groups excluding carboxylic acids is 1. The molecule has 0 bridgehead atoms. The zero-order valence-electron chi connectivity index (χ0n) is 16.3. The number of nitrogens with zero attached hydrogens (tertiary/aromatic N) is 5. The lowest BCUT2D eigenvalue weighted by Crippen LogP contribution is -2.40. The first-order valence-electron chi connectivity index (χ1n) is 9.69. The van der Waals surface area contributed by atoms with Crippen molar-refractivity contribution in [2.75, 3.05) is 18.4 Å². The molecule has 2 N–H and O–H groups in total. The molecule has 0 aliphatic carbocycles. The van der Waals surface area contributed by atoms with Gasteiger partial charge in [-0.25, -0.2) is 9.97 Å². The van der Waals surface area contributed by atoms with Gasteiger partial charge in [-0.05, 0) is 37.0 Å². The molecule has 1 fully saturated rings. The molecule has 4 rings (SSSR count). The van der Waals surface area contributed by atoms with Crippen molar-refractivity contribution >= 4 is 17.4 Å². The fourth-order valence-corrected chi connectivity index (χ4v) is 3.72. The smallest absolute Gasteiger partial charge is 0.253 e. The number of aliphatic hydroxyl groups excluding tert-OH is 1. The summed E-state index contributed by atoms with van der Waals surface area (Å²) in [5, 5.41) is 13.8. The average molecular weight is 392 g/mol. The van der Waals surface area contributed by atoms with Gasteiger partial charge in [0, 0.05) is 56.2 Å². The first-order chi connectivity index (χ1) is 14.1. The number of hydrogen-bond acceptors (Lipinski definition) is 6. The zero-order chi connectivity index (χ0) is 20.2. The number of likely N-dealkylation sites (tertiary alicyclic amines) is 1. The summed E-state index contributed by atoms with van der Waals surface area (Å²) in [7, 11) is 1.88. The van der Waals surface area contributed by atoms with E-state index in [0.717, 1.165) is 18.5 Å². The van der Waals surface area contributed by atoms with E-state index in [4.69, 9.17) is 0 Å². The molecule has 0 radical (unpaired) electrons. The molecule has 1 saturated heterocycles. The Bertz CT molecular complexity index is 966. The van der Waals surface area contributed by atoms with Gasteiger partial charge in [-0.1, -0.05) is 6.07 Å². The quantitative estimate of drug-likeness (QED) is 0.693. The van der Waals surface area contributed by atoms with Crippen LogP contribution < -0.4 is 5.32 Å². The van der Waals surface area contributed by atoms with E-state index in [1.807, 2.05) is 47.0 Å². The van der Waals surface area contributed by atoms with Crippen LogP contribution >= 0.6 is 0 Å². The Morgan fingerprint density at radius 2 is 2.03 bits per heavy atom. The molecular formula is C21H24N6O2. The van der Waals surface area contributed by atoms with Gasteiger partial charge < -0.3 is 19.9 Å². The van der Waals surface area contributed by atoms with E-state index in [2.05, 4.69) is 20.3 Å². The van der Waals surface area contributed by atoms with Crippen molar-refractivity contribution in [2.45, 2.75) is 18.9 Å². The number of hydrogen-bond donors (Lipinski definition) is 2. The Balaban J connectivity index is 1.38. The van der Waals surface area contributed by atoms with Crippen molar-refractivity contribution in [3.63, 3.8) is 0 Å². The SMILES string of the molecule is Cn1ccnc1[C@H](O)C1CCN(C(=O)c2cccc(Nc3cnccn3)c2)CC1. The summed E-state index contributed by atoms with van der Waals surface area (Å²) in [5.41, 5.74) is 1.42. The summed E-state index contributed by atoms with van der Waals surface area (Å²) < 4.78 is 1.85. The van der Waals surface area contributed by atoms with Crippen molar-refractivity contribution in [2.24, 2.45) is 13.0 Å². The molecule has 150 valence electrons. The minimum Gasteiger partial charge on any atom is -0.385 e. The highest BCUT2D eigenvalue weighted by molar-refractivity contribution is 5.95. The fourth-order valence-electron chi connectivity index (χ4n) is 3.72. The monoisotopic (exact) mass is 392 g/mol. The Hall–Kier alpha value is -3.26. The van der Waals surface area contributed by atoms with Crippen LogP contribution in [0.1, 0.15) is 35.1 Å². The second kappa shape index (κ2) is 8.40. The standard InChI is InChI=1S/C21H24N6O2/c1-26-12-9-24-20(26)19(28)15-5-10-27(11-6-15)21(29)16-3-2-4-17(13-16)25-18-14-22-7-8-23-18/h2-4,7-9,12-15,19,28H,5-6,10-11H2,1H3,(H,23,25)/t19-/m1/s1. The third kappa shape index (κ3) is 4.27. The van der Waals surface area contributed by atoms with Crippen LogP contribution in [0.2, 0.25) is 0 Å². The predicted molar refractivity (Wildman–Crippen MR) is 109 cm³/mol. The van der Waals surface area contributed by atoms with Gasteiger partial charge in [0.25, 0.3) is 5.91 Å². The number of imidazole rings is 1. The Morgan fingerprint density at radius 3 is 2.72 bits per heavy atom. The number of aromatic nitrogens is 4. The second-order valence-electron chi connectivity index (χ2n) is 7.27. The van der Waals surface area contributed by atoms with Crippen LogP contribution in [0.5, 0.6) is 0 Å². The minimum absolute atomic E-state index is 0.00210. The number of rotatable bonds is 5. The first-order valence-corrected chi connectivity index (χ1v) is 9.69. The molecule has 8 heteroatoms. The molecule has 1 amide bonds. The van der Waals surface area contributed by atoms with Crippen LogP contribution in [0.25, 0.3) is 0 Å². The van der Waals surface area contributed by atoms with Crippen molar-refractivity contribution in [3.8, 4) is 0 Å². The molecule has 8 nitrogen and oxygen atoms in total. The van der Waals surface area contributed by atoms with Gasteiger partial charge in [0.15, 0.2) is 0 Å². The fraction of sp³-hybridized carbons (Fsp3) is 0.333. The third-order valence-corrected chi connectivity index (χ3v) is 5.34. The van der Waals surface area contributed by atoms with Crippen molar-refractivity contribution in [1.29, 1.82) is 0 Å². The molecule has 29 heavy (non-hydrogen) atoms. The lowest BCUT2D eigenvalue weighted by Gasteiger charge is -2.34. The maximum absolute atomic E-state index is 13.0. The van der Waals surface area contributed by atoms with Gasteiger partial charge in [-0.3, -0.25) is 9.78 Å². The summed E-state index contributed by atoms with van der Waals surface area (Å²) in [6.45, 7) is 1.24. The third-order valence-electron chi connectivity index (χ3n) is 5.34. The molecular weight excluding hydrogens is 368 g/mol. The number of carbonyl (C=O) groups is 1. The van der Waals surface area contributed by atoms with E-state index >= 15 is 0 Å². The number of piperidine rings is 1. The number of amides is 1. The van der Waals surface area contributed by atoms with Crippen molar-refractivity contribution in [1.82, 2.24) is 24.4 Å². The van der Waals surface area contributed by atoms with Crippen molar-refractivity contribution < 1.29 is 9.90 Å². The van der Waals surface area contributed by atoms with Crippen LogP contribution in [-0.2, 0) is 7.05 Å². The largest absolute Gasteiger partial charge is 0.385 e. The lowest BCUT2D eigenvalue weighted by atomic mass is 9.90. The van der Waals surface area contributed by atoms with Gasteiger partial charge in [-0.2, -0.15) is 0 Å². The molecule has 2 aromatic heterocycles. The topological polar surface area (TPSA) is 96.2 Å². The zero-order valence-corrected chi connectivity index (χ0v) is 16.3. The summed E-state index contributed by atoms with van der Waals surface area (Å²) in [5.74, 6) is 1.40. The van der Waals surface area contributed by atoms with Crippen LogP contribution in [0.15, 0.2) is 55.2 Å². The van der Waals surface area contributed by atoms with E-state index < -0.39 is 6.10 Å². The highest BCUT2D eigenvalue weighted by Gasteiger charge is 2.30. The van der Waals surface area contributed by atoms with Crippen LogP contribution in [0, 0.1) is 5.92 Å². The molecule has 0 saturated carbocycles. The number of anilines is 2. The van der Waals surface area contributed by atoms with E-state index in [-0.39, 0.29) is 11.8 Å². The minimum atomic E-state index is -0.605. The van der Waals surface area contributed by atoms with Gasteiger partial charge in [0.2, 0.25) is 0 Å². The average Bonchev–Trinajstić information content (AvgIpc) is 3.19. The van der Waals surface area contributed by atoms with E-state index in [9.17, 15) is 9.90 Å². The number of benzene rings is 1. The molecule has 1 aromatic carbocycles. The van der Waals surface area contributed by atoms with Crippen LogP contribution in [-0.4, -0.2) is 48.5 Å². The summed E-state index contributed by atoms with van der Waals surface area (Å²) >= 11 is 0. The summed E-state index contributed by atoms with van der Waals surface area (Å²) in [6, 6.07) is 7.38. The Labute approximate surface area is 169 Å². The highest BCUT2D eigenvalue weighted by atomic mass is 16.3.